The topological polar surface area (TPSA) is 142 Å². The summed E-state index contributed by atoms with van der Waals surface area (Å²) < 4.78 is 5.03. The van der Waals surface area contributed by atoms with Gasteiger partial charge in [-0.05, 0) is 12.1 Å². The Hall–Kier alpha value is -3.30. The maximum atomic E-state index is 11.4. The van der Waals surface area contributed by atoms with Gasteiger partial charge >= 0.3 is 5.69 Å². The largest absolute Gasteiger partial charge is 0.463 e. The van der Waals surface area contributed by atoms with E-state index in [0.29, 0.717) is 5.76 Å². The van der Waals surface area contributed by atoms with Crippen LogP contribution < -0.4 is 16.7 Å². The maximum Gasteiger partial charge on any atom is 0.327 e. The number of hydrogen-bond donors (Lipinski definition) is 3. The van der Waals surface area contributed by atoms with E-state index in [2.05, 4.69) is 30.7 Å². The van der Waals surface area contributed by atoms with Crippen molar-refractivity contribution in [3.05, 3.63) is 45.0 Å². The molecule has 10 heteroatoms. The Kier molecular flexibility index (Phi) is 2.80. The summed E-state index contributed by atoms with van der Waals surface area (Å²) in [6.07, 6.45) is 2.92. The number of hydrazone groups is 1. The normalized spacial score (nSPS) is 11.2. The summed E-state index contributed by atoms with van der Waals surface area (Å²) in [6.45, 7) is 0. The highest BCUT2D eigenvalue weighted by molar-refractivity contribution is 5.76. The van der Waals surface area contributed by atoms with Crippen LogP contribution in [0.4, 0.5) is 5.95 Å². The SMILES string of the molecule is O=c1[nH]c(=O)c2nnc(N/N=C/c3ccco3)nc2[nH]1. The van der Waals surface area contributed by atoms with Crippen molar-refractivity contribution in [1.82, 2.24) is 25.1 Å². The zero-order chi connectivity index (χ0) is 13.9. The maximum absolute atomic E-state index is 11.4. The minimum Gasteiger partial charge on any atom is -0.463 e. The van der Waals surface area contributed by atoms with Crippen molar-refractivity contribution < 1.29 is 4.42 Å². The number of nitrogens with one attached hydrogen (secondary N) is 3. The Morgan fingerprint density at radius 3 is 3.00 bits per heavy atom. The molecule has 20 heavy (non-hydrogen) atoms. The van der Waals surface area contributed by atoms with Crippen LogP contribution in [0.3, 0.4) is 0 Å². The third kappa shape index (κ3) is 2.29. The van der Waals surface area contributed by atoms with Crippen LogP contribution in [-0.4, -0.2) is 31.4 Å². The molecule has 0 aliphatic heterocycles. The average molecular weight is 273 g/mol. The van der Waals surface area contributed by atoms with Crippen LogP contribution >= 0.6 is 0 Å². The Morgan fingerprint density at radius 2 is 2.20 bits per heavy atom. The quantitative estimate of drug-likeness (QED) is 0.428. The second-order valence-corrected chi connectivity index (χ2v) is 3.63. The van der Waals surface area contributed by atoms with Gasteiger partial charge in [0.2, 0.25) is 0 Å². The first-order valence-electron chi connectivity index (χ1n) is 5.42. The number of aromatic amines is 2. The third-order valence-corrected chi connectivity index (χ3v) is 2.26. The highest BCUT2D eigenvalue weighted by atomic mass is 16.3. The summed E-state index contributed by atoms with van der Waals surface area (Å²) in [5.74, 6) is 0.567. The van der Waals surface area contributed by atoms with Crippen LogP contribution in [0.5, 0.6) is 0 Å². The van der Waals surface area contributed by atoms with Gasteiger partial charge in [-0.3, -0.25) is 14.8 Å². The molecule has 0 unspecified atom stereocenters. The molecule has 0 fully saturated rings. The van der Waals surface area contributed by atoms with E-state index in [0.717, 1.165) is 0 Å². The van der Waals surface area contributed by atoms with E-state index in [4.69, 9.17) is 4.42 Å². The Labute approximate surface area is 109 Å². The fourth-order valence-corrected chi connectivity index (χ4v) is 1.43. The van der Waals surface area contributed by atoms with Gasteiger partial charge in [0, 0.05) is 0 Å². The number of nitrogens with zero attached hydrogens (tertiary/aromatic N) is 4. The van der Waals surface area contributed by atoms with Crippen molar-refractivity contribution in [2.24, 2.45) is 5.10 Å². The molecule has 0 aromatic carbocycles. The molecule has 0 radical (unpaired) electrons. The molecule has 3 N–H and O–H groups in total. The zero-order valence-corrected chi connectivity index (χ0v) is 9.82. The van der Waals surface area contributed by atoms with E-state index >= 15 is 0 Å². The van der Waals surface area contributed by atoms with E-state index in [1.54, 1.807) is 12.1 Å². The van der Waals surface area contributed by atoms with Crippen molar-refractivity contribution >= 4 is 23.3 Å². The van der Waals surface area contributed by atoms with Crippen LogP contribution in [-0.2, 0) is 0 Å². The lowest BCUT2D eigenvalue weighted by molar-refractivity contribution is 0.560. The van der Waals surface area contributed by atoms with Crippen LogP contribution in [0.25, 0.3) is 11.2 Å². The fourth-order valence-electron chi connectivity index (χ4n) is 1.43. The number of aromatic nitrogens is 5. The molecule has 100 valence electrons. The van der Waals surface area contributed by atoms with Gasteiger partial charge in [0.25, 0.3) is 11.5 Å². The smallest absolute Gasteiger partial charge is 0.327 e. The molecule has 10 nitrogen and oxygen atoms in total. The van der Waals surface area contributed by atoms with Gasteiger partial charge in [0.1, 0.15) is 5.76 Å². The van der Waals surface area contributed by atoms with E-state index in [1.165, 1.54) is 12.5 Å². The van der Waals surface area contributed by atoms with Crippen LogP contribution in [0, 0.1) is 0 Å². The lowest BCUT2D eigenvalue weighted by Gasteiger charge is -1.98. The molecule has 0 aliphatic carbocycles. The summed E-state index contributed by atoms with van der Waals surface area (Å²) in [4.78, 5) is 30.8. The molecule has 0 amide bonds. The summed E-state index contributed by atoms with van der Waals surface area (Å²) >= 11 is 0. The molecular formula is C10H7N7O3. The van der Waals surface area contributed by atoms with Crippen LogP contribution in [0.2, 0.25) is 0 Å². The van der Waals surface area contributed by atoms with Crippen molar-refractivity contribution in [1.29, 1.82) is 0 Å². The first-order chi connectivity index (χ1) is 9.72. The Bertz CT molecular complexity index is 878. The molecule has 0 spiro atoms. The van der Waals surface area contributed by atoms with Crippen molar-refractivity contribution in [2.45, 2.75) is 0 Å². The highest BCUT2D eigenvalue weighted by Gasteiger charge is 2.05. The molecule has 3 aromatic heterocycles. The van der Waals surface area contributed by atoms with Crippen LogP contribution in [0.15, 0.2) is 37.5 Å². The molecule has 0 bridgehead atoms. The number of rotatable bonds is 3. The van der Waals surface area contributed by atoms with Gasteiger partial charge in [0.05, 0.1) is 12.5 Å². The minimum absolute atomic E-state index is 0.0180. The monoisotopic (exact) mass is 273 g/mol. The summed E-state index contributed by atoms with van der Waals surface area (Å²) in [5, 5.41) is 11.1. The lowest BCUT2D eigenvalue weighted by atomic mass is 10.5. The average Bonchev–Trinajstić information content (AvgIpc) is 2.91. The molecule has 0 atom stereocenters. The first kappa shape index (κ1) is 11.8. The number of furan rings is 1. The highest BCUT2D eigenvalue weighted by Crippen LogP contribution is 2.01. The lowest BCUT2D eigenvalue weighted by Crippen LogP contribution is -2.23. The van der Waals surface area contributed by atoms with Crippen LogP contribution in [0.1, 0.15) is 5.76 Å². The molecule has 3 aromatic rings. The predicted octanol–water partition coefficient (Wildman–Crippen LogP) is -0.560. The van der Waals surface area contributed by atoms with Crippen molar-refractivity contribution in [3.63, 3.8) is 0 Å². The molecular weight excluding hydrogens is 266 g/mol. The van der Waals surface area contributed by atoms with Crippen molar-refractivity contribution in [3.8, 4) is 0 Å². The standard InChI is InChI=1S/C10H7N7O3/c18-8-6-7(13-10(19)14-8)12-9(17-15-6)16-11-4-5-2-1-3-20-5/h1-4H,(H3,12,13,14,16,17,18,19)/b11-4+. The second-order valence-electron chi connectivity index (χ2n) is 3.63. The Morgan fingerprint density at radius 1 is 1.30 bits per heavy atom. The van der Waals surface area contributed by atoms with Gasteiger partial charge in [-0.15, -0.1) is 10.2 Å². The van der Waals surface area contributed by atoms with Gasteiger partial charge < -0.3 is 4.42 Å². The van der Waals surface area contributed by atoms with E-state index < -0.39 is 11.2 Å². The summed E-state index contributed by atoms with van der Waals surface area (Å²) in [5.41, 5.74) is 1.13. The molecule has 0 saturated carbocycles. The Balaban J connectivity index is 1.89. The minimum atomic E-state index is -0.673. The molecule has 0 saturated heterocycles. The summed E-state index contributed by atoms with van der Waals surface area (Å²) in [7, 11) is 0. The van der Waals surface area contributed by atoms with Crippen molar-refractivity contribution in [2.75, 3.05) is 5.43 Å². The van der Waals surface area contributed by atoms with Gasteiger partial charge in [-0.1, -0.05) is 0 Å². The van der Waals surface area contributed by atoms with E-state index in [9.17, 15) is 9.59 Å². The van der Waals surface area contributed by atoms with Gasteiger partial charge in [-0.25, -0.2) is 10.2 Å². The predicted molar refractivity (Wildman–Crippen MR) is 68.5 cm³/mol. The fraction of sp³-hybridized carbons (Fsp3) is 0. The number of fused-ring (bicyclic) bond motifs is 1. The zero-order valence-electron chi connectivity index (χ0n) is 9.82. The number of anilines is 1. The van der Waals surface area contributed by atoms with E-state index in [-0.39, 0.29) is 17.1 Å². The molecule has 0 aliphatic rings. The van der Waals surface area contributed by atoms with Gasteiger partial charge in [0.15, 0.2) is 11.2 Å². The third-order valence-electron chi connectivity index (χ3n) is 2.26. The molecule has 3 heterocycles. The van der Waals surface area contributed by atoms with Gasteiger partial charge in [-0.2, -0.15) is 10.1 Å². The number of hydrogen-bond acceptors (Lipinski definition) is 8. The number of H-pyrrole nitrogens is 2. The molecule has 3 rings (SSSR count). The van der Waals surface area contributed by atoms with E-state index in [1.807, 2.05) is 4.98 Å². The second kappa shape index (κ2) is 4.76. The first-order valence-corrected chi connectivity index (χ1v) is 5.42. The summed E-state index contributed by atoms with van der Waals surface area (Å²) in [6, 6.07) is 3.42.